The highest BCUT2D eigenvalue weighted by Crippen LogP contribution is 2.39. The van der Waals surface area contributed by atoms with Crippen LogP contribution >= 0.6 is 0 Å². The van der Waals surface area contributed by atoms with Crippen LogP contribution in [0, 0.1) is 10.1 Å². The van der Waals surface area contributed by atoms with Gasteiger partial charge in [0.15, 0.2) is 14.4 Å². The molecule has 0 bridgehead atoms. The first-order chi connectivity index (χ1) is 11.0. The van der Waals surface area contributed by atoms with Gasteiger partial charge < -0.3 is 9.53 Å². The summed E-state index contributed by atoms with van der Waals surface area (Å²) in [6.45, 7) is 11.3. The van der Waals surface area contributed by atoms with E-state index >= 15 is 0 Å². The van der Waals surface area contributed by atoms with Crippen molar-refractivity contribution in [3.8, 4) is 0 Å². The molecule has 0 amide bonds. The molecule has 134 valence electrons. The van der Waals surface area contributed by atoms with Crippen molar-refractivity contribution in [3.63, 3.8) is 0 Å². The summed E-state index contributed by atoms with van der Waals surface area (Å²) in [5, 5.41) is 21.8. The average molecular weight is 353 g/mol. The summed E-state index contributed by atoms with van der Waals surface area (Å²) < 4.78 is 6.35. The van der Waals surface area contributed by atoms with Crippen molar-refractivity contribution in [2.45, 2.75) is 63.8 Å². The molecule has 0 radical (unpaired) electrons. The van der Waals surface area contributed by atoms with Crippen LogP contribution in [-0.2, 0) is 11.0 Å². The summed E-state index contributed by atoms with van der Waals surface area (Å²) in [6.07, 6.45) is -1.75. The summed E-state index contributed by atoms with van der Waals surface area (Å²) in [6, 6.07) is 8.77. The Bertz CT molecular complexity index is 574. The van der Waals surface area contributed by atoms with Gasteiger partial charge >= 0.3 is 0 Å². The van der Waals surface area contributed by atoms with Gasteiger partial charge in [-0.05, 0) is 23.7 Å². The zero-order chi connectivity index (χ0) is 18.1. The molecule has 1 aromatic rings. The van der Waals surface area contributed by atoms with Crippen molar-refractivity contribution in [2.75, 3.05) is 6.54 Å². The van der Waals surface area contributed by atoms with Gasteiger partial charge in [0.25, 0.3) is 6.04 Å². The van der Waals surface area contributed by atoms with Gasteiger partial charge in [0, 0.05) is 11.5 Å². The molecule has 2 rings (SSSR count). The SMILES string of the molecule is CC(C)(C)[Si](C)(C)O[C@H]1[C@H](O)[C@@H]([N+](=O)[O-])CN1Cc1ccccc1. The van der Waals surface area contributed by atoms with Gasteiger partial charge in [0.05, 0.1) is 6.54 Å². The largest absolute Gasteiger partial charge is 0.399 e. The molecule has 1 aromatic carbocycles. The molecule has 24 heavy (non-hydrogen) atoms. The Morgan fingerprint density at radius 2 is 1.92 bits per heavy atom. The summed E-state index contributed by atoms with van der Waals surface area (Å²) in [5.74, 6) is 0. The second-order valence-electron chi connectivity index (χ2n) is 8.03. The summed E-state index contributed by atoms with van der Waals surface area (Å²) in [7, 11) is -2.16. The van der Waals surface area contributed by atoms with E-state index in [0.29, 0.717) is 6.54 Å². The van der Waals surface area contributed by atoms with Gasteiger partial charge in [-0.3, -0.25) is 15.0 Å². The van der Waals surface area contributed by atoms with Crippen LogP contribution < -0.4 is 0 Å². The minimum atomic E-state index is -2.16. The molecule has 0 aromatic heterocycles. The van der Waals surface area contributed by atoms with E-state index in [0.717, 1.165) is 5.56 Å². The highest BCUT2D eigenvalue weighted by atomic mass is 28.4. The number of rotatable bonds is 5. The molecular formula is C17H28N2O4Si. The molecule has 1 fully saturated rings. The first kappa shape index (κ1) is 19.0. The molecule has 1 heterocycles. The molecule has 1 saturated heterocycles. The molecule has 0 aliphatic carbocycles. The zero-order valence-electron chi connectivity index (χ0n) is 15.1. The number of benzene rings is 1. The second-order valence-corrected chi connectivity index (χ2v) is 12.8. The van der Waals surface area contributed by atoms with E-state index in [2.05, 4.69) is 33.9 Å². The van der Waals surface area contributed by atoms with Gasteiger partial charge in [-0.1, -0.05) is 51.1 Å². The quantitative estimate of drug-likeness (QED) is 0.501. The highest BCUT2D eigenvalue weighted by Gasteiger charge is 2.52. The van der Waals surface area contributed by atoms with E-state index in [-0.39, 0.29) is 11.6 Å². The third-order valence-electron chi connectivity index (χ3n) is 5.19. The smallest absolute Gasteiger partial charge is 0.254 e. The van der Waals surface area contributed by atoms with Crippen molar-refractivity contribution in [2.24, 2.45) is 0 Å². The van der Waals surface area contributed by atoms with E-state index in [1.807, 2.05) is 35.2 Å². The van der Waals surface area contributed by atoms with Crippen LogP contribution in [0.1, 0.15) is 26.3 Å². The number of nitrogens with zero attached hydrogens (tertiary/aromatic N) is 2. The number of hydrogen-bond donors (Lipinski definition) is 1. The lowest BCUT2D eigenvalue weighted by atomic mass is 10.2. The first-order valence-corrected chi connectivity index (χ1v) is 11.2. The number of hydrogen-bond acceptors (Lipinski definition) is 5. The van der Waals surface area contributed by atoms with Crippen molar-refractivity contribution >= 4 is 8.32 Å². The van der Waals surface area contributed by atoms with Gasteiger partial charge in [0.2, 0.25) is 0 Å². The molecular weight excluding hydrogens is 324 g/mol. The molecule has 0 spiro atoms. The average Bonchev–Trinajstić information content (AvgIpc) is 2.76. The maximum absolute atomic E-state index is 11.3. The molecule has 1 aliphatic heterocycles. The fourth-order valence-corrected chi connectivity index (χ4v) is 3.89. The summed E-state index contributed by atoms with van der Waals surface area (Å²) >= 11 is 0. The second kappa shape index (κ2) is 6.91. The van der Waals surface area contributed by atoms with Crippen molar-refractivity contribution < 1.29 is 14.5 Å². The van der Waals surface area contributed by atoms with E-state index in [4.69, 9.17) is 4.43 Å². The Hall–Kier alpha value is -1.28. The fraction of sp³-hybridized carbons (Fsp3) is 0.647. The Balaban J connectivity index is 2.24. The van der Waals surface area contributed by atoms with Crippen molar-refractivity contribution in [1.82, 2.24) is 4.90 Å². The predicted molar refractivity (Wildman–Crippen MR) is 95.7 cm³/mol. The Kier molecular flexibility index (Phi) is 5.49. The van der Waals surface area contributed by atoms with Gasteiger partial charge in [-0.25, -0.2) is 0 Å². The van der Waals surface area contributed by atoms with Crippen LogP contribution in [0.15, 0.2) is 30.3 Å². The summed E-state index contributed by atoms with van der Waals surface area (Å²) in [5.41, 5.74) is 1.05. The van der Waals surface area contributed by atoms with E-state index in [9.17, 15) is 15.2 Å². The van der Waals surface area contributed by atoms with E-state index in [1.54, 1.807) is 0 Å². The van der Waals surface area contributed by atoms with Crippen LogP contribution in [-0.4, -0.2) is 48.2 Å². The van der Waals surface area contributed by atoms with Crippen LogP contribution in [0.3, 0.4) is 0 Å². The normalized spacial score (nSPS) is 25.8. The molecule has 0 unspecified atom stereocenters. The van der Waals surface area contributed by atoms with Crippen LogP contribution in [0.4, 0.5) is 0 Å². The molecule has 3 atom stereocenters. The van der Waals surface area contributed by atoms with Crippen molar-refractivity contribution in [1.29, 1.82) is 0 Å². The predicted octanol–water partition coefficient (Wildman–Crippen LogP) is 2.86. The van der Waals surface area contributed by atoms with Crippen molar-refractivity contribution in [3.05, 3.63) is 46.0 Å². The highest BCUT2D eigenvalue weighted by molar-refractivity contribution is 6.74. The molecule has 7 heteroatoms. The van der Waals surface area contributed by atoms with Gasteiger partial charge in [-0.15, -0.1) is 0 Å². The summed E-state index contributed by atoms with van der Waals surface area (Å²) in [4.78, 5) is 12.8. The number of likely N-dealkylation sites (tertiary alicyclic amines) is 1. The van der Waals surface area contributed by atoms with Gasteiger partial charge in [-0.2, -0.15) is 0 Å². The lowest BCUT2D eigenvalue weighted by molar-refractivity contribution is -0.528. The Morgan fingerprint density at radius 3 is 2.42 bits per heavy atom. The molecule has 6 nitrogen and oxygen atoms in total. The third-order valence-corrected chi connectivity index (χ3v) is 9.63. The van der Waals surface area contributed by atoms with E-state index in [1.165, 1.54) is 0 Å². The standard InChI is InChI=1S/C17H28N2O4Si/c1-17(2,3)24(4,5)23-16-15(20)14(19(21)22)12-18(16)11-13-9-7-6-8-10-13/h6-10,14-16,20H,11-12H2,1-5H3/t14-,15+,16-/m0/s1. The Labute approximate surface area is 144 Å². The van der Waals surface area contributed by atoms with Crippen LogP contribution in [0.25, 0.3) is 0 Å². The molecule has 1 N–H and O–H groups in total. The monoisotopic (exact) mass is 352 g/mol. The molecule has 1 aliphatic rings. The maximum Gasteiger partial charge on any atom is 0.254 e. The maximum atomic E-state index is 11.3. The number of nitro groups is 1. The van der Waals surface area contributed by atoms with Crippen LogP contribution in [0.2, 0.25) is 18.1 Å². The number of aliphatic hydroxyl groups is 1. The lowest BCUT2D eigenvalue weighted by Gasteiger charge is -2.41. The van der Waals surface area contributed by atoms with Gasteiger partial charge in [0.1, 0.15) is 6.23 Å². The number of aliphatic hydroxyl groups excluding tert-OH is 1. The minimum absolute atomic E-state index is 0.0299. The zero-order valence-corrected chi connectivity index (χ0v) is 16.1. The third kappa shape index (κ3) is 4.03. The topological polar surface area (TPSA) is 75.8 Å². The minimum Gasteiger partial charge on any atom is -0.399 e. The fourth-order valence-electron chi connectivity index (χ4n) is 2.64. The van der Waals surface area contributed by atoms with E-state index < -0.39 is 31.6 Å². The first-order valence-electron chi connectivity index (χ1n) is 8.30. The molecule has 0 saturated carbocycles. The van der Waals surface area contributed by atoms with Crippen LogP contribution in [0.5, 0.6) is 0 Å². The lowest BCUT2D eigenvalue weighted by Crippen LogP contribution is -2.50. The Morgan fingerprint density at radius 1 is 1.33 bits per heavy atom.